The SMILES string of the molecule is C=C(C)N.Cc1cc(N(C)C)ccc1N.Nc1cc(OCCO)c(N)cc1OCCO. The zero-order chi connectivity index (χ0) is 24.0. The standard InChI is InChI=1S/C10H16N2O4.C9H14N2.C3H7N/c11-7-6-10(16-4-2-14)8(12)5-9(7)15-3-1-13;1-7-6-8(11(2)3)4-5-9(7)10;1-3(2)4/h5-6,13-14H,1-4,11-12H2;4-6H,10H2,1-3H3;1,4H2,2H3. The summed E-state index contributed by atoms with van der Waals surface area (Å²) in [6, 6.07) is 9.08. The fourth-order valence-corrected chi connectivity index (χ4v) is 2.09. The summed E-state index contributed by atoms with van der Waals surface area (Å²) in [7, 11) is 4.04. The highest BCUT2D eigenvalue weighted by molar-refractivity contribution is 5.67. The van der Waals surface area contributed by atoms with Crippen LogP contribution >= 0.6 is 0 Å². The third kappa shape index (κ3) is 11.5. The quantitative estimate of drug-likeness (QED) is 0.355. The van der Waals surface area contributed by atoms with E-state index in [1.54, 1.807) is 6.92 Å². The third-order valence-corrected chi connectivity index (χ3v) is 3.61. The molecule has 2 aromatic carbocycles. The van der Waals surface area contributed by atoms with E-state index in [0.717, 1.165) is 11.3 Å². The molecule has 9 heteroatoms. The van der Waals surface area contributed by atoms with Gasteiger partial charge in [-0.1, -0.05) is 6.58 Å². The molecular weight excluding hydrogens is 398 g/mol. The van der Waals surface area contributed by atoms with E-state index in [-0.39, 0.29) is 26.4 Å². The van der Waals surface area contributed by atoms with Crippen LogP contribution in [0.15, 0.2) is 42.6 Å². The second-order valence-corrected chi connectivity index (χ2v) is 6.85. The van der Waals surface area contributed by atoms with Crippen molar-refractivity contribution in [2.45, 2.75) is 13.8 Å². The molecule has 0 unspecified atom stereocenters. The van der Waals surface area contributed by atoms with Crippen molar-refractivity contribution in [3.05, 3.63) is 48.2 Å². The first kappa shape index (κ1) is 27.7. The van der Waals surface area contributed by atoms with Crippen LogP contribution in [0.3, 0.4) is 0 Å². The predicted molar refractivity (Wildman–Crippen MR) is 129 cm³/mol. The van der Waals surface area contributed by atoms with Crippen LogP contribution < -0.4 is 37.3 Å². The molecule has 10 N–H and O–H groups in total. The number of nitrogens with two attached hydrogens (primary N) is 4. The van der Waals surface area contributed by atoms with Crippen LogP contribution in [-0.4, -0.2) is 50.7 Å². The fourth-order valence-electron chi connectivity index (χ4n) is 2.09. The predicted octanol–water partition coefficient (Wildman–Crippen LogP) is 1.72. The van der Waals surface area contributed by atoms with E-state index in [2.05, 4.69) is 17.5 Å². The summed E-state index contributed by atoms with van der Waals surface area (Å²) in [5.41, 5.74) is 26.6. The van der Waals surface area contributed by atoms with Crippen LogP contribution in [0.4, 0.5) is 22.7 Å². The van der Waals surface area contributed by atoms with Gasteiger partial charge in [-0.05, 0) is 43.3 Å². The number of rotatable bonds is 7. The number of aliphatic hydroxyl groups is 2. The van der Waals surface area contributed by atoms with Crippen LogP contribution in [0.5, 0.6) is 11.5 Å². The number of allylic oxidation sites excluding steroid dienone is 1. The molecule has 0 aliphatic carbocycles. The second-order valence-electron chi connectivity index (χ2n) is 6.85. The molecule has 0 aliphatic rings. The van der Waals surface area contributed by atoms with E-state index in [1.807, 2.05) is 33.2 Å². The Morgan fingerprint density at radius 2 is 1.32 bits per heavy atom. The van der Waals surface area contributed by atoms with Gasteiger partial charge in [0.1, 0.15) is 24.7 Å². The Balaban J connectivity index is 0.000000518. The summed E-state index contributed by atoms with van der Waals surface area (Å²) in [5.74, 6) is 0.811. The Morgan fingerprint density at radius 1 is 0.903 bits per heavy atom. The van der Waals surface area contributed by atoms with Crippen LogP contribution in [-0.2, 0) is 0 Å². The van der Waals surface area contributed by atoms with Crippen molar-refractivity contribution in [1.82, 2.24) is 0 Å². The number of benzene rings is 2. The summed E-state index contributed by atoms with van der Waals surface area (Å²) >= 11 is 0. The molecule has 0 heterocycles. The molecule has 0 fully saturated rings. The average molecular weight is 436 g/mol. The number of hydrogen-bond donors (Lipinski definition) is 6. The summed E-state index contributed by atoms with van der Waals surface area (Å²) in [5, 5.41) is 17.2. The van der Waals surface area contributed by atoms with E-state index in [0.29, 0.717) is 28.6 Å². The number of nitrogens with zero attached hydrogens (tertiary/aromatic N) is 1. The first-order valence-corrected chi connectivity index (χ1v) is 9.64. The maximum absolute atomic E-state index is 8.61. The number of aliphatic hydroxyl groups excluding tert-OH is 2. The molecule has 9 nitrogen and oxygen atoms in total. The second kappa shape index (κ2) is 14.6. The first-order valence-electron chi connectivity index (χ1n) is 9.64. The maximum atomic E-state index is 8.61. The molecule has 0 aromatic heterocycles. The lowest BCUT2D eigenvalue weighted by molar-refractivity contribution is 0.199. The van der Waals surface area contributed by atoms with Gasteiger partial charge in [-0.2, -0.15) is 0 Å². The highest BCUT2D eigenvalue weighted by Gasteiger charge is 2.07. The molecule has 2 rings (SSSR count). The lowest BCUT2D eigenvalue weighted by Gasteiger charge is -2.13. The van der Waals surface area contributed by atoms with Gasteiger partial charge in [0.2, 0.25) is 0 Å². The first-order chi connectivity index (χ1) is 14.5. The highest BCUT2D eigenvalue weighted by Crippen LogP contribution is 2.32. The van der Waals surface area contributed by atoms with Crippen molar-refractivity contribution >= 4 is 22.7 Å². The molecule has 174 valence electrons. The zero-order valence-electron chi connectivity index (χ0n) is 18.9. The smallest absolute Gasteiger partial charge is 0.144 e. The zero-order valence-corrected chi connectivity index (χ0v) is 18.9. The van der Waals surface area contributed by atoms with Crippen LogP contribution in [0, 0.1) is 6.92 Å². The van der Waals surface area contributed by atoms with Crippen molar-refractivity contribution in [2.24, 2.45) is 5.73 Å². The van der Waals surface area contributed by atoms with E-state index < -0.39 is 0 Å². The molecule has 0 radical (unpaired) electrons. The highest BCUT2D eigenvalue weighted by atomic mass is 16.5. The number of ether oxygens (including phenoxy) is 2. The van der Waals surface area contributed by atoms with Crippen molar-refractivity contribution < 1.29 is 19.7 Å². The molecule has 31 heavy (non-hydrogen) atoms. The monoisotopic (exact) mass is 435 g/mol. The van der Waals surface area contributed by atoms with Crippen LogP contribution in [0.25, 0.3) is 0 Å². The van der Waals surface area contributed by atoms with E-state index in [9.17, 15) is 0 Å². The Bertz CT molecular complexity index is 775. The molecule has 0 aliphatic heterocycles. The van der Waals surface area contributed by atoms with Gasteiger partial charge >= 0.3 is 0 Å². The van der Waals surface area contributed by atoms with Crippen molar-refractivity contribution in [3.63, 3.8) is 0 Å². The van der Waals surface area contributed by atoms with Gasteiger partial charge < -0.3 is 47.5 Å². The number of aryl methyl sites for hydroxylation is 1. The Morgan fingerprint density at radius 3 is 1.65 bits per heavy atom. The fraction of sp³-hybridized carbons (Fsp3) is 0.364. The van der Waals surface area contributed by atoms with E-state index in [1.165, 1.54) is 17.8 Å². The molecule has 0 spiro atoms. The third-order valence-electron chi connectivity index (χ3n) is 3.61. The average Bonchev–Trinajstić information content (AvgIpc) is 2.69. The summed E-state index contributed by atoms with van der Waals surface area (Å²) < 4.78 is 10.3. The van der Waals surface area contributed by atoms with Crippen LogP contribution in [0.2, 0.25) is 0 Å². The number of anilines is 4. The van der Waals surface area contributed by atoms with E-state index in [4.69, 9.17) is 42.6 Å². The lowest BCUT2D eigenvalue weighted by atomic mass is 10.2. The van der Waals surface area contributed by atoms with Gasteiger partial charge in [0.05, 0.1) is 24.6 Å². The molecule has 0 atom stereocenters. The largest absolute Gasteiger partial charge is 0.489 e. The summed E-state index contributed by atoms with van der Waals surface area (Å²) in [6.07, 6.45) is 0. The topological polar surface area (TPSA) is 166 Å². The normalized spacial score (nSPS) is 9.48. The van der Waals surface area contributed by atoms with Gasteiger partial charge in [0.25, 0.3) is 0 Å². The number of nitrogen functional groups attached to an aromatic ring is 3. The number of hydrogen-bond acceptors (Lipinski definition) is 9. The lowest BCUT2D eigenvalue weighted by Crippen LogP contribution is -2.08. The molecule has 0 saturated carbocycles. The van der Waals surface area contributed by atoms with Gasteiger partial charge in [-0.15, -0.1) is 0 Å². The minimum atomic E-state index is -0.0951. The van der Waals surface area contributed by atoms with Gasteiger partial charge in [-0.25, -0.2) is 0 Å². The minimum absolute atomic E-state index is 0.0951. The van der Waals surface area contributed by atoms with Crippen molar-refractivity contribution in [3.8, 4) is 11.5 Å². The molecular formula is C22H37N5O4. The Kier molecular flexibility index (Phi) is 13.1. The molecule has 0 bridgehead atoms. The van der Waals surface area contributed by atoms with Crippen molar-refractivity contribution in [2.75, 3.05) is 62.6 Å². The Labute approximate surface area is 184 Å². The Hall–Kier alpha value is -3.30. The molecule has 0 amide bonds. The van der Waals surface area contributed by atoms with Gasteiger partial charge in [-0.3, -0.25) is 0 Å². The van der Waals surface area contributed by atoms with Gasteiger partial charge in [0, 0.05) is 37.6 Å². The van der Waals surface area contributed by atoms with Crippen LogP contribution in [0.1, 0.15) is 12.5 Å². The summed E-state index contributed by atoms with van der Waals surface area (Å²) in [4.78, 5) is 2.06. The molecule has 0 saturated heterocycles. The van der Waals surface area contributed by atoms with Gasteiger partial charge in [0.15, 0.2) is 0 Å². The molecule has 2 aromatic rings. The summed E-state index contributed by atoms with van der Waals surface area (Å²) in [6.45, 7) is 7.22. The van der Waals surface area contributed by atoms with E-state index >= 15 is 0 Å². The van der Waals surface area contributed by atoms with Crippen molar-refractivity contribution in [1.29, 1.82) is 0 Å². The maximum Gasteiger partial charge on any atom is 0.144 e. The minimum Gasteiger partial charge on any atom is -0.489 e.